The van der Waals surface area contributed by atoms with Crippen LogP contribution in [0, 0.1) is 11.8 Å². The van der Waals surface area contributed by atoms with Crippen molar-refractivity contribution in [3.63, 3.8) is 0 Å². The molecule has 0 spiro atoms. The number of amides is 1. The molecule has 0 fully saturated rings. The Bertz CT molecular complexity index is 463. The van der Waals surface area contributed by atoms with E-state index in [2.05, 4.69) is 22.1 Å². The van der Waals surface area contributed by atoms with Gasteiger partial charge in [0.05, 0.1) is 17.7 Å². The Kier molecular flexibility index (Phi) is 7.25. The molecule has 0 aliphatic heterocycles. The van der Waals surface area contributed by atoms with E-state index in [9.17, 15) is 4.79 Å². The number of hydrogen-bond donors (Lipinski definition) is 2. The van der Waals surface area contributed by atoms with Gasteiger partial charge in [-0.2, -0.15) is 0 Å². The molecule has 5 nitrogen and oxygen atoms in total. The standard InChI is InChI=1S/C14H18N2O3/c1-19-10-4-7-16-14(18)13-6-8-15-11-12(13)5-2-3-9-17/h6,8,11,17H,3-4,7,9-10H2,1H3,(H,16,18). The summed E-state index contributed by atoms with van der Waals surface area (Å²) in [5.41, 5.74) is 1.07. The molecule has 0 saturated carbocycles. The van der Waals surface area contributed by atoms with Gasteiger partial charge in [-0.05, 0) is 12.5 Å². The molecule has 0 aliphatic rings. The van der Waals surface area contributed by atoms with Crippen LogP contribution in [0.15, 0.2) is 18.5 Å². The van der Waals surface area contributed by atoms with Gasteiger partial charge in [-0.25, -0.2) is 0 Å². The van der Waals surface area contributed by atoms with Gasteiger partial charge in [0, 0.05) is 39.1 Å². The van der Waals surface area contributed by atoms with Gasteiger partial charge in [-0.3, -0.25) is 9.78 Å². The fourth-order valence-electron chi connectivity index (χ4n) is 1.42. The van der Waals surface area contributed by atoms with Crippen LogP contribution >= 0.6 is 0 Å². The summed E-state index contributed by atoms with van der Waals surface area (Å²) in [5.74, 6) is 5.45. The Hall–Kier alpha value is -1.90. The van der Waals surface area contributed by atoms with E-state index >= 15 is 0 Å². The summed E-state index contributed by atoms with van der Waals surface area (Å²) >= 11 is 0. The van der Waals surface area contributed by atoms with Crippen LogP contribution in [0.25, 0.3) is 0 Å². The van der Waals surface area contributed by atoms with Crippen LogP contribution in [-0.2, 0) is 4.74 Å². The zero-order chi connectivity index (χ0) is 13.9. The highest BCUT2D eigenvalue weighted by Gasteiger charge is 2.08. The molecule has 0 aromatic carbocycles. The highest BCUT2D eigenvalue weighted by molar-refractivity contribution is 5.96. The highest BCUT2D eigenvalue weighted by Crippen LogP contribution is 2.05. The van der Waals surface area contributed by atoms with Gasteiger partial charge in [-0.15, -0.1) is 0 Å². The summed E-state index contributed by atoms with van der Waals surface area (Å²) in [6.07, 6.45) is 4.25. The first kappa shape index (κ1) is 15.2. The monoisotopic (exact) mass is 262 g/mol. The fourth-order valence-corrected chi connectivity index (χ4v) is 1.42. The van der Waals surface area contributed by atoms with Crippen molar-refractivity contribution >= 4 is 5.91 Å². The van der Waals surface area contributed by atoms with Crippen LogP contribution in [0.4, 0.5) is 0 Å². The quantitative estimate of drug-likeness (QED) is 0.581. The van der Waals surface area contributed by atoms with Crippen LogP contribution in [0.3, 0.4) is 0 Å². The lowest BCUT2D eigenvalue weighted by molar-refractivity contribution is 0.0948. The molecule has 19 heavy (non-hydrogen) atoms. The zero-order valence-electron chi connectivity index (χ0n) is 11.0. The number of aliphatic hydroxyl groups is 1. The zero-order valence-corrected chi connectivity index (χ0v) is 11.0. The molecule has 0 saturated heterocycles. The summed E-state index contributed by atoms with van der Waals surface area (Å²) in [5, 5.41) is 11.5. The Labute approximate surface area is 113 Å². The minimum atomic E-state index is -0.174. The molecular weight excluding hydrogens is 244 g/mol. The number of pyridine rings is 1. The number of methoxy groups -OCH3 is 1. The molecule has 1 amide bonds. The number of aromatic nitrogens is 1. The molecule has 102 valence electrons. The maximum absolute atomic E-state index is 12.0. The number of nitrogens with zero attached hydrogens (tertiary/aromatic N) is 1. The number of hydrogen-bond acceptors (Lipinski definition) is 4. The average molecular weight is 262 g/mol. The molecule has 1 rings (SSSR count). The number of rotatable bonds is 6. The van der Waals surface area contributed by atoms with Crippen molar-refractivity contribution in [2.45, 2.75) is 12.8 Å². The minimum Gasteiger partial charge on any atom is -0.395 e. The third-order valence-corrected chi connectivity index (χ3v) is 2.34. The summed E-state index contributed by atoms with van der Waals surface area (Å²) in [6, 6.07) is 1.63. The number of carbonyl (C=O) groups is 1. The molecule has 5 heteroatoms. The largest absolute Gasteiger partial charge is 0.395 e. The number of nitrogens with one attached hydrogen (secondary N) is 1. The van der Waals surface area contributed by atoms with E-state index in [0.717, 1.165) is 6.42 Å². The van der Waals surface area contributed by atoms with Crippen molar-refractivity contribution in [3.8, 4) is 11.8 Å². The summed E-state index contributed by atoms with van der Waals surface area (Å²) in [7, 11) is 1.62. The lowest BCUT2D eigenvalue weighted by atomic mass is 10.1. The molecule has 1 aromatic heterocycles. The van der Waals surface area contributed by atoms with Crippen molar-refractivity contribution in [2.24, 2.45) is 0 Å². The van der Waals surface area contributed by atoms with Gasteiger partial charge in [0.2, 0.25) is 0 Å². The van der Waals surface area contributed by atoms with Crippen LogP contribution < -0.4 is 5.32 Å². The van der Waals surface area contributed by atoms with Crippen molar-refractivity contribution < 1.29 is 14.6 Å². The molecule has 0 radical (unpaired) electrons. The Morgan fingerprint density at radius 2 is 2.42 bits per heavy atom. The first-order valence-electron chi connectivity index (χ1n) is 6.10. The van der Waals surface area contributed by atoms with Crippen molar-refractivity contribution in [3.05, 3.63) is 29.6 Å². The predicted octanol–water partition coefficient (Wildman–Crippen LogP) is 0.582. The smallest absolute Gasteiger partial charge is 0.252 e. The summed E-state index contributed by atoms with van der Waals surface area (Å²) in [4.78, 5) is 15.9. The van der Waals surface area contributed by atoms with Gasteiger partial charge in [-0.1, -0.05) is 11.8 Å². The lowest BCUT2D eigenvalue weighted by Crippen LogP contribution is -2.26. The molecular formula is C14H18N2O3. The number of carbonyl (C=O) groups excluding carboxylic acids is 1. The Balaban J connectivity index is 2.66. The average Bonchev–Trinajstić information content (AvgIpc) is 2.44. The fraction of sp³-hybridized carbons (Fsp3) is 0.429. The van der Waals surface area contributed by atoms with Crippen LogP contribution in [0.5, 0.6) is 0 Å². The first-order chi connectivity index (χ1) is 9.29. The number of aliphatic hydroxyl groups excluding tert-OH is 1. The van der Waals surface area contributed by atoms with Crippen molar-refractivity contribution in [1.82, 2.24) is 10.3 Å². The van der Waals surface area contributed by atoms with E-state index in [1.54, 1.807) is 25.6 Å². The van der Waals surface area contributed by atoms with Crippen LogP contribution in [0.1, 0.15) is 28.8 Å². The first-order valence-corrected chi connectivity index (χ1v) is 6.10. The number of ether oxygens (including phenoxy) is 1. The van der Waals surface area contributed by atoms with E-state index in [1.165, 1.54) is 0 Å². The van der Waals surface area contributed by atoms with Crippen molar-refractivity contribution in [1.29, 1.82) is 0 Å². The molecule has 2 N–H and O–H groups in total. The van der Waals surface area contributed by atoms with Gasteiger partial charge in [0.25, 0.3) is 5.91 Å². The van der Waals surface area contributed by atoms with E-state index < -0.39 is 0 Å². The van der Waals surface area contributed by atoms with E-state index in [0.29, 0.717) is 30.7 Å². The van der Waals surface area contributed by atoms with Crippen LogP contribution in [-0.4, -0.2) is 42.9 Å². The molecule has 0 bridgehead atoms. The van der Waals surface area contributed by atoms with Crippen molar-refractivity contribution in [2.75, 3.05) is 26.9 Å². The van der Waals surface area contributed by atoms with E-state index in [4.69, 9.17) is 9.84 Å². The van der Waals surface area contributed by atoms with Gasteiger partial charge >= 0.3 is 0 Å². The lowest BCUT2D eigenvalue weighted by Gasteiger charge is -2.06. The molecule has 1 aromatic rings. The minimum absolute atomic E-state index is 0.00576. The molecule has 0 atom stereocenters. The summed E-state index contributed by atoms with van der Waals surface area (Å²) in [6.45, 7) is 1.17. The second-order valence-electron chi connectivity index (χ2n) is 3.80. The van der Waals surface area contributed by atoms with E-state index in [-0.39, 0.29) is 12.5 Å². The van der Waals surface area contributed by atoms with Crippen LogP contribution in [0.2, 0.25) is 0 Å². The third-order valence-electron chi connectivity index (χ3n) is 2.34. The second-order valence-corrected chi connectivity index (χ2v) is 3.80. The topological polar surface area (TPSA) is 71.5 Å². The second kappa shape index (κ2) is 9.09. The Morgan fingerprint density at radius 3 is 3.16 bits per heavy atom. The SMILES string of the molecule is COCCCNC(=O)c1ccncc1C#CCCO. The summed E-state index contributed by atoms with van der Waals surface area (Å²) < 4.78 is 4.91. The van der Waals surface area contributed by atoms with Gasteiger partial charge in [0.15, 0.2) is 0 Å². The molecule has 0 aliphatic carbocycles. The predicted molar refractivity (Wildman–Crippen MR) is 71.6 cm³/mol. The maximum atomic E-state index is 12.0. The molecule has 0 unspecified atom stereocenters. The van der Waals surface area contributed by atoms with Gasteiger partial charge < -0.3 is 15.2 Å². The van der Waals surface area contributed by atoms with Gasteiger partial charge in [0.1, 0.15) is 0 Å². The van der Waals surface area contributed by atoms with E-state index in [1.807, 2.05) is 0 Å². The third kappa shape index (κ3) is 5.51. The maximum Gasteiger partial charge on any atom is 0.252 e. The Morgan fingerprint density at radius 1 is 1.58 bits per heavy atom. The normalized spacial score (nSPS) is 9.58. The highest BCUT2D eigenvalue weighted by atomic mass is 16.5. The molecule has 1 heterocycles.